The second kappa shape index (κ2) is 9.85. The van der Waals surface area contributed by atoms with Crippen LogP contribution in [0, 0.1) is 5.92 Å². The largest absolute Gasteiger partial charge is 0.316 e. The van der Waals surface area contributed by atoms with E-state index in [1.165, 1.54) is 38.1 Å². The molecular weight excluding hydrogens is 190 g/mol. The maximum atomic E-state index is 3.50. The van der Waals surface area contributed by atoms with Crippen LogP contribution in [0.5, 0.6) is 0 Å². The summed E-state index contributed by atoms with van der Waals surface area (Å²) in [7, 11) is 0. The van der Waals surface area contributed by atoms with Crippen LogP contribution in [0.1, 0.15) is 47.0 Å². The van der Waals surface area contributed by atoms with Gasteiger partial charge in [-0.3, -0.25) is 0 Å². The lowest BCUT2D eigenvalue weighted by atomic mass is 10.1. The van der Waals surface area contributed by atoms with E-state index in [0.717, 1.165) is 11.2 Å². The average Bonchev–Trinajstić information content (AvgIpc) is 2.15. The first kappa shape index (κ1) is 14.3. The number of hydrogen-bond donors (Lipinski definition) is 1. The van der Waals surface area contributed by atoms with Crippen LogP contribution in [-0.4, -0.2) is 24.1 Å². The highest BCUT2D eigenvalue weighted by molar-refractivity contribution is 7.99. The third-order valence-corrected chi connectivity index (χ3v) is 3.73. The normalized spacial score (nSPS) is 13.5. The maximum absolute atomic E-state index is 3.50. The van der Waals surface area contributed by atoms with Gasteiger partial charge in [-0.05, 0) is 31.7 Å². The minimum Gasteiger partial charge on any atom is -0.316 e. The van der Waals surface area contributed by atoms with E-state index in [2.05, 4.69) is 44.8 Å². The molecule has 2 heteroatoms. The predicted molar refractivity (Wildman–Crippen MR) is 69.2 cm³/mol. The summed E-state index contributed by atoms with van der Waals surface area (Å²) >= 11 is 2.08. The third-order valence-electron chi connectivity index (χ3n) is 2.39. The van der Waals surface area contributed by atoms with Crippen molar-refractivity contribution in [3.05, 3.63) is 0 Å². The van der Waals surface area contributed by atoms with Gasteiger partial charge >= 0.3 is 0 Å². The predicted octanol–water partition coefficient (Wildman–Crippen LogP) is 3.54. The lowest BCUT2D eigenvalue weighted by molar-refractivity contribution is 0.534. The summed E-state index contributed by atoms with van der Waals surface area (Å²) in [4.78, 5) is 0. The Hall–Kier alpha value is 0.310. The summed E-state index contributed by atoms with van der Waals surface area (Å²) in [6.45, 7) is 11.5. The maximum Gasteiger partial charge on any atom is 0.00607 e. The minimum atomic E-state index is 0.826. The molecular formula is C12H27NS. The molecule has 14 heavy (non-hydrogen) atoms. The second-order valence-corrected chi connectivity index (χ2v) is 5.92. The van der Waals surface area contributed by atoms with Crippen molar-refractivity contribution in [1.29, 1.82) is 0 Å². The van der Waals surface area contributed by atoms with Gasteiger partial charge in [-0.25, -0.2) is 0 Å². The van der Waals surface area contributed by atoms with Crippen molar-refractivity contribution in [1.82, 2.24) is 5.32 Å². The zero-order chi connectivity index (χ0) is 10.8. The zero-order valence-electron chi connectivity index (χ0n) is 10.3. The van der Waals surface area contributed by atoms with E-state index < -0.39 is 0 Å². The molecule has 1 unspecified atom stereocenters. The quantitative estimate of drug-likeness (QED) is 0.593. The fourth-order valence-electron chi connectivity index (χ4n) is 1.21. The standard InChI is InChI=1S/C12H27NS/c1-5-12(4)14-10-9-13-8-6-7-11(2)3/h11-13H,5-10H2,1-4H3. The van der Waals surface area contributed by atoms with Gasteiger partial charge in [0, 0.05) is 17.5 Å². The summed E-state index contributed by atoms with van der Waals surface area (Å²) in [6, 6.07) is 0. The molecule has 0 aromatic rings. The van der Waals surface area contributed by atoms with Crippen LogP contribution in [-0.2, 0) is 0 Å². The van der Waals surface area contributed by atoms with Crippen molar-refractivity contribution in [2.75, 3.05) is 18.8 Å². The number of rotatable bonds is 9. The van der Waals surface area contributed by atoms with E-state index in [1.54, 1.807) is 0 Å². The Morgan fingerprint density at radius 3 is 2.43 bits per heavy atom. The van der Waals surface area contributed by atoms with Crippen molar-refractivity contribution >= 4 is 11.8 Å². The van der Waals surface area contributed by atoms with E-state index in [9.17, 15) is 0 Å². The van der Waals surface area contributed by atoms with Gasteiger partial charge in [0.25, 0.3) is 0 Å². The fourth-order valence-corrected chi connectivity index (χ4v) is 2.11. The Labute approximate surface area is 94.4 Å². The van der Waals surface area contributed by atoms with Crippen molar-refractivity contribution in [3.63, 3.8) is 0 Å². The lowest BCUT2D eigenvalue weighted by Gasteiger charge is -2.09. The van der Waals surface area contributed by atoms with E-state index in [-0.39, 0.29) is 0 Å². The number of hydrogen-bond acceptors (Lipinski definition) is 2. The molecule has 1 atom stereocenters. The van der Waals surface area contributed by atoms with Crippen LogP contribution >= 0.6 is 11.8 Å². The first-order chi connectivity index (χ1) is 6.66. The molecule has 0 heterocycles. The molecule has 0 saturated carbocycles. The van der Waals surface area contributed by atoms with E-state index >= 15 is 0 Å². The lowest BCUT2D eigenvalue weighted by Crippen LogP contribution is -2.19. The molecule has 0 saturated heterocycles. The van der Waals surface area contributed by atoms with E-state index in [0.29, 0.717) is 0 Å². The highest BCUT2D eigenvalue weighted by Gasteiger charge is 1.98. The monoisotopic (exact) mass is 217 g/mol. The number of thioether (sulfide) groups is 1. The molecule has 0 aromatic carbocycles. The number of nitrogens with one attached hydrogen (secondary N) is 1. The molecule has 0 aliphatic rings. The van der Waals surface area contributed by atoms with Gasteiger partial charge in [-0.2, -0.15) is 11.8 Å². The van der Waals surface area contributed by atoms with Crippen molar-refractivity contribution in [2.45, 2.75) is 52.2 Å². The topological polar surface area (TPSA) is 12.0 Å². The fraction of sp³-hybridized carbons (Fsp3) is 1.00. The van der Waals surface area contributed by atoms with Gasteiger partial charge in [0.15, 0.2) is 0 Å². The van der Waals surface area contributed by atoms with Gasteiger partial charge in [0.2, 0.25) is 0 Å². The highest BCUT2D eigenvalue weighted by atomic mass is 32.2. The van der Waals surface area contributed by atoms with Crippen LogP contribution in [0.25, 0.3) is 0 Å². The van der Waals surface area contributed by atoms with Gasteiger partial charge in [-0.15, -0.1) is 0 Å². The third kappa shape index (κ3) is 10.4. The zero-order valence-corrected chi connectivity index (χ0v) is 11.1. The molecule has 0 rings (SSSR count). The van der Waals surface area contributed by atoms with Gasteiger partial charge < -0.3 is 5.32 Å². The minimum absolute atomic E-state index is 0.826. The molecule has 0 spiro atoms. The van der Waals surface area contributed by atoms with Crippen LogP contribution in [0.15, 0.2) is 0 Å². The molecule has 0 radical (unpaired) electrons. The highest BCUT2D eigenvalue weighted by Crippen LogP contribution is 2.11. The van der Waals surface area contributed by atoms with Crippen molar-refractivity contribution < 1.29 is 0 Å². The Bertz CT molecular complexity index is 115. The molecule has 0 aromatic heterocycles. The van der Waals surface area contributed by atoms with Crippen LogP contribution in [0.3, 0.4) is 0 Å². The molecule has 0 bridgehead atoms. The summed E-state index contributed by atoms with van der Waals surface area (Å²) in [6.07, 6.45) is 3.97. The smallest absolute Gasteiger partial charge is 0.00607 e. The summed E-state index contributed by atoms with van der Waals surface area (Å²) < 4.78 is 0. The molecule has 1 N–H and O–H groups in total. The van der Waals surface area contributed by atoms with E-state index in [4.69, 9.17) is 0 Å². The molecule has 0 aliphatic heterocycles. The van der Waals surface area contributed by atoms with Gasteiger partial charge in [-0.1, -0.05) is 27.7 Å². The summed E-state index contributed by atoms with van der Waals surface area (Å²) in [5, 5.41) is 4.33. The summed E-state index contributed by atoms with van der Waals surface area (Å²) in [5.74, 6) is 2.11. The Morgan fingerprint density at radius 2 is 1.86 bits per heavy atom. The molecule has 0 aliphatic carbocycles. The first-order valence-electron chi connectivity index (χ1n) is 5.99. The van der Waals surface area contributed by atoms with Crippen LogP contribution < -0.4 is 5.32 Å². The Morgan fingerprint density at radius 1 is 1.14 bits per heavy atom. The SMILES string of the molecule is CCC(C)SCCNCCCC(C)C. The van der Waals surface area contributed by atoms with Crippen molar-refractivity contribution in [3.8, 4) is 0 Å². The summed E-state index contributed by atoms with van der Waals surface area (Å²) in [5.41, 5.74) is 0. The van der Waals surface area contributed by atoms with Gasteiger partial charge in [0.1, 0.15) is 0 Å². The van der Waals surface area contributed by atoms with Crippen LogP contribution in [0.4, 0.5) is 0 Å². The van der Waals surface area contributed by atoms with Crippen LogP contribution in [0.2, 0.25) is 0 Å². The first-order valence-corrected chi connectivity index (χ1v) is 7.04. The Balaban J connectivity index is 2.99. The van der Waals surface area contributed by atoms with Gasteiger partial charge in [0.05, 0.1) is 0 Å². The second-order valence-electron chi connectivity index (χ2n) is 4.38. The Kier molecular flexibility index (Phi) is 10.1. The van der Waals surface area contributed by atoms with Crippen molar-refractivity contribution in [2.24, 2.45) is 5.92 Å². The molecule has 86 valence electrons. The molecule has 1 nitrogen and oxygen atoms in total. The van der Waals surface area contributed by atoms with E-state index in [1.807, 2.05) is 0 Å². The molecule has 0 fully saturated rings. The average molecular weight is 217 g/mol. The molecule has 0 amide bonds.